The van der Waals surface area contributed by atoms with Crippen LogP contribution in [-0.4, -0.2) is 40.2 Å². The number of amides is 1. The van der Waals surface area contributed by atoms with Crippen molar-refractivity contribution in [2.45, 2.75) is 39.2 Å². The van der Waals surface area contributed by atoms with Crippen molar-refractivity contribution in [3.8, 4) is 5.88 Å². The Kier molecular flexibility index (Phi) is 4.71. The topological polar surface area (TPSA) is 55.3 Å². The molecule has 2 rings (SSSR count). The Bertz CT molecular complexity index is 400. The number of rotatable bonds is 4. The first-order valence-corrected chi connectivity index (χ1v) is 6.87. The van der Waals surface area contributed by atoms with Crippen molar-refractivity contribution in [3.63, 3.8) is 0 Å². The smallest absolute Gasteiger partial charge is 0.233 e. The second-order valence-electron chi connectivity index (χ2n) is 5.36. The molecule has 1 fully saturated rings. The van der Waals surface area contributed by atoms with E-state index in [4.69, 9.17) is 4.74 Å². The zero-order chi connectivity index (χ0) is 13.7. The maximum Gasteiger partial charge on any atom is 0.233 e. The lowest BCUT2D eigenvalue weighted by Gasteiger charge is -2.32. The highest BCUT2D eigenvalue weighted by Crippen LogP contribution is 2.17. The number of aromatic nitrogens is 2. The molecule has 1 saturated heterocycles. The van der Waals surface area contributed by atoms with E-state index in [-0.39, 0.29) is 12.0 Å². The zero-order valence-corrected chi connectivity index (χ0v) is 11.6. The normalized spacial score (nSPS) is 16.7. The first kappa shape index (κ1) is 13.8. The second-order valence-corrected chi connectivity index (χ2v) is 5.36. The Balaban J connectivity index is 1.78. The molecule has 0 saturated carbocycles. The summed E-state index contributed by atoms with van der Waals surface area (Å²) < 4.78 is 5.75. The van der Waals surface area contributed by atoms with Crippen LogP contribution in [0.2, 0.25) is 0 Å². The van der Waals surface area contributed by atoms with Crippen molar-refractivity contribution < 1.29 is 9.53 Å². The van der Waals surface area contributed by atoms with Crippen molar-refractivity contribution in [2.75, 3.05) is 13.1 Å². The van der Waals surface area contributed by atoms with Gasteiger partial charge < -0.3 is 9.64 Å². The summed E-state index contributed by atoms with van der Waals surface area (Å²) >= 11 is 0. The molecule has 1 amide bonds. The molecule has 0 aromatic carbocycles. The Labute approximate surface area is 114 Å². The van der Waals surface area contributed by atoms with Crippen molar-refractivity contribution in [1.29, 1.82) is 0 Å². The van der Waals surface area contributed by atoms with Crippen LogP contribution in [0, 0.1) is 5.92 Å². The zero-order valence-electron chi connectivity index (χ0n) is 11.6. The quantitative estimate of drug-likeness (QED) is 0.832. The van der Waals surface area contributed by atoms with Gasteiger partial charge in [0.15, 0.2) is 0 Å². The molecule has 104 valence electrons. The van der Waals surface area contributed by atoms with Gasteiger partial charge in [-0.25, -0.2) is 0 Å². The van der Waals surface area contributed by atoms with Gasteiger partial charge in [0.05, 0.1) is 0 Å². The van der Waals surface area contributed by atoms with Crippen LogP contribution in [0.4, 0.5) is 0 Å². The Morgan fingerprint density at radius 1 is 1.47 bits per heavy atom. The van der Waals surface area contributed by atoms with Crippen LogP contribution in [0.5, 0.6) is 5.88 Å². The summed E-state index contributed by atoms with van der Waals surface area (Å²) in [6.07, 6.45) is 4.12. The van der Waals surface area contributed by atoms with Crippen molar-refractivity contribution in [2.24, 2.45) is 5.92 Å². The minimum atomic E-state index is 0.139. The third kappa shape index (κ3) is 4.19. The fourth-order valence-corrected chi connectivity index (χ4v) is 2.22. The molecule has 0 unspecified atom stereocenters. The molecular weight excluding hydrogens is 242 g/mol. The predicted octanol–water partition coefficient (Wildman–Crippen LogP) is 1.89. The van der Waals surface area contributed by atoms with Crippen LogP contribution in [0.25, 0.3) is 0 Å². The highest BCUT2D eigenvalue weighted by atomic mass is 16.5. The van der Waals surface area contributed by atoms with Gasteiger partial charge in [0, 0.05) is 44.6 Å². The van der Waals surface area contributed by atoms with Gasteiger partial charge in [0.25, 0.3) is 0 Å². The number of likely N-dealkylation sites (tertiary alicyclic amines) is 1. The Morgan fingerprint density at radius 3 is 2.79 bits per heavy atom. The molecule has 1 aromatic rings. The van der Waals surface area contributed by atoms with Crippen LogP contribution in [0.1, 0.15) is 33.1 Å². The summed E-state index contributed by atoms with van der Waals surface area (Å²) in [6, 6.07) is 3.62. The van der Waals surface area contributed by atoms with Crippen molar-refractivity contribution >= 4 is 5.91 Å². The van der Waals surface area contributed by atoms with E-state index in [0.717, 1.165) is 25.9 Å². The predicted molar refractivity (Wildman–Crippen MR) is 71.7 cm³/mol. The summed E-state index contributed by atoms with van der Waals surface area (Å²) in [4.78, 5) is 13.9. The Morgan fingerprint density at radius 2 is 2.21 bits per heavy atom. The number of nitrogens with zero attached hydrogens (tertiary/aromatic N) is 3. The molecule has 5 nitrogen and oxygen atoms in total. The molecule has 0 N–H and O–H groups in total. The molecule has 5 heteroatoms. The molecule has 19 heavy (non-hydrogen) atoms. The van der Waals surface area contributed by atoms with E-state index >= 15 is 0 Å². The van der Waals surface area contributed by atoms with Crippen LogP contribution in [-0.2, 0) is 4.79 Å². The van der Waals surface area contributed by atoms with Gasteiger partial charge >= 0.3 is 0 Å². The molecule has 0 spiro atoms. The van der Waals surface area contributed by atoms with Gasteiger partial charge in [0.1, 0.15) is 6.10 Å². The third-order valence-corrected chi connectivity index (χ3v) is 3.21. The molecule has 0 atom stereocenters. The number of carbonyl (C=O) groups excluding carboxylic acids is 1. The summed E-state index contributed by atoms with van der Waals surface area (Å²) in [5, 5.41) is 7.70. The maximum atomic E-state index is 11.9. The second kappa shape index (κ2) is 6.50. The van der Waals surface area contributed by atoms with E-state index in [9.17, 15) is 4.79 Å². The molecule has 2 heterocycles. The van der Waals surface area contributed by atoms with Crippen LogP contribution in [0.3, 0.4) is 0 Å². The van der Waals surface area contributed by atoms with Gasteiger partial charge in [-0.3, -0.25) is 4.79 Å². The van der Waals surface area contributed by atoms with Crippen molar-refractivity contribution in [1.82, 2.24) is 15.1 Å². The molecule has 1 aliphatic rings. The lowest BCUT2D eigenvalue weighted by Crippen LogP contribution is -2.42. The minimum Gasteiger partial charge on any atom is -0.473 e. The molecule has 0 radical (unpaired) electrons. The number of ether oxygens (including phenoxy) is 1. The molecular formula is C14H21N3O2. The number of hydrogen-bond acceptors (Lipinski definition) is 4. The fraction of sp³-hybridized carbons (Fsp3) is 0.643. The Hall–Kier alpha value is -1.65. The average Bonchev–Trinajstić information content (AvgIpc) is 2.40. The largest absolute Gasteiger partial charge is 0.473 e. The first-order chi connectivity index (χ1) is 9.15. The molecule has 0 aliphatic carbocycles. The van der Waals surface area contributed by atoms with Crippen LogP contribution >= 0.6 is 0 Å². The lowest BCUT2D eigenvalue weighted by atomic mass is 10.1. The highest BCUT2D eigenvalue weighted by Gasteiger charge is 2.24. The lowest BCUT2D eigenvalue weighted by molar-refractivity contribution is -0.133. The summed E-state index contributed by atoms with van der Waals surface area (Å²) in [7, 11) is 0. The van der Waals surface area contributed by atoms with E-state index < -0.39 is 0 Å². The number of hydrogen-bond donors (Lipinski definition) is 0. The van der Waals surface area contributed by atoms with E-state index in [1.807, 2.05) is 17.0 Å². The van der Waals surface area contributed by atoms with Gasteiger partial charge in [-0.05, 0) is 12.0 Å². The van der Waals surface area contributed by atoms with Gasteiger partial charge in [-0.2, -0.15) is 5.10 Å². The standard InChI is InChI=1S/C14H21N3O2/c1-11(2)10-14(18)17-8-5-12(6-9-17)19-13-4-3-7-15-16-13/h3-4,7,11-12H,5-6,8-10H2,1-2H3. The summed E-state index contributed by atoms with van der Waals surface area (Å²) in [6.45, 7) is 5.69. The van der Waals surface area contributed by atoms with Crippen LogP contribution in [0.15, 0.2) is 18.3 Å². The first-order valence-electron chi connectivity index (χ1n) is 6.87. The summed E-state index contributed by atoms with van der Waals surface area (Å²) in [5.41, 5.74) is 0. The van der Waals surface area contributed by atoms with Gasteiger partial charge in [0.2, 0.25) is 11.8 Å². The van der Waals surface area contributed by atoms with E-state index in [1.165, 1.54) is 0 Å². The summed E-state index contributed by atoms with van der Waals surface area (Å²) in [5.74, 6) is 1.24. The SMILES string of the molecule is CC(C)CC(=O)N1CCC(Oc2cccnn2)CC1. The van der Waals surface area contributed by atoms with Gasteiger partial charge in [-0.15, -0.1) is 5.10 Å². The van der Waals surface area contributed by atoms with E-state index in [1.54, 1.807) is 6.20 Å². The number of piperidine rings is 1. The molecule has 1 aliphatic heterocycles. The third-order valence-electron chi connectivity index (χ3n) is 3.21. The van der Waals surface area contributed by atoms with Crippen LogP contribution < -0.4 is 4.74 Å². The van der Waals surface area contributed by atoms with Gasteiger partial charge in [-0.1, -0.05) is 13.8 Å². The monoisotopic (exact) mass is 263 g/mol. The maximum absolute atomic E-state index is 11.9. The van der Waals surface area contributed by atoms with E-state index in [0.29, 0.717) is 18.2 Å². The average molecular weight is 263 g/mol. The minimum absolute atomic E-state index is 0.139. The molecule has 0 bridgehead atoms. The van der Waals surface area contributed by atoms with Crippen molar-refractivity contribution in [3.05, 3.63) is 18.3 Å². The highest BCUT2D eigenvalue weighted by molar-refractivity contribution is 5.76. The van der Waals surface area contributed by atoms with E-state index in [2.05, 4.69) is 24.0 Å². The molecule has 1 aromatic heterocycles. The number of carbonyl (C=O) groups is 1. The fourth-order valence-electron chi connectivity index (χ4n) is 2.22.